The molecule has 37 heavy (non-hydrogen) atoms. The van der Waals surface area contributed by atoms with Gasteiger partial charge in [0.15, 0.2) is 0 Å². The van der Waals surface area contributed by atoms with E-state index in [9.17, 15) is 13.6 Å². The first-order chi connectivity index (χ1) is 17.9. The first-order valence-electron chi connectivity index (χ1n) is 11.6. The van der Waals surface area contributed by atoms with Gasteiger partial charge in [0.25, 0.3) is 0 Å². The first kappa shape index (κ1) is 25.4. The van der Waals surface area contributed by atoms with Crippen LogP contribution in [0.1, 0.15) is 42.0 Å². The Morgan fingerprint density at radius 3 is 2.43 bits per heavy atom. The molecule has 4 rings (SSSR count). The molecule has 7 nitrogen and oxygen atoms in total. The molecule has 4 aromatic rings. The Labute approximate surface area is 213 Å². The van der Waals surface area contributed by atoms with Crippen LogP contribution < -0.4 is 5.32 Å². The molecule has 0 fully saturated rings. The van der Waals surface area contributed by atoms with E-state index in [0.29, 0.717) is 33.7 Å². The third-order valence-corrected chi connectivity index (χ3v) is 5.83. The lowest BCUT2D eigenvalue weighted by molar-refractivity contribution is -0.116. The molecule has 186 valence electrons. The number of rotatable bonds is 9. The van der Waals surface area contributed by atoms with E-state index >= 15 is 0 Å². The SMILES string of the molecule is C[C@@H](CN=CC(C(=O)Nc1ccc(-c2cnn(C(F)F)c2)cn1)c1ccccc1)c1ccc(C#N)cc1. The molecule has 1 amide bonds. The number of pyridine rings is 1. The maximum atomic E-state index is 13.2. The van der Waals surface area contributed by atoms with Crippen molar-refractivity contribution in [1.82, 2.24) is 14.8 Å². The molecule has 2 heterocycles. The molecular formula is C28H24F2N6O. The van der Waals surface area contributed by atoms with Gasteiger partial charge in [0, 0.05) is 42.2 Å². The highest BCUT2D eigenvalue weighted by Crippen LogP contribution is 2.23. The molecule has 2 aromatic carbocycles. The van der Waals surface area contributed by atoms with E-state index in [0.717, 1.165) is 11.1 Å². The zero-order chi connectivity index (χ0) is 26.2. The number of halogens is 2. The number of nitrogens with one attached hydrogen (secondary N) is 1. The first-order valence-corrected chi connectivity index (χ1v) is 11.6. The number of alkyl halides is 2. The van der Waals surface area contributed by atoms with Crippen LogP contribution >= 0.6 is 0 Å². The van der Waals surface area contributed by atoms with Gasteiger partial charge in [0.05, 0.1) is 23.7 Å². The van der Waals surface area contributed by atoms with Crippen LogP contribution in [-0.2, 0) is 4.79 Å². The summed E-state index contributed by atoms with van der Waals surface area (Å²) in [5.74, 6) is -0.505. The number of carbonyl (C=O) groups is 1. The van der Waals surface area contributed by atoms with E-state index in [4.69, 9.17) is 5.26 Å². The van der Waals surface area contributed by atoms with Crippen LogP contribution in [0.5, 0.6) is 0 Å². The van der Waals surface area contributed by atoms with Gasteiger partial charge in [-0.1, -0.05) is 49.4 Å². The van der Waals surface area contributed by atoms with Crippen LogP contribution in [0, 0.1) is 11.3 Å². The van der Waals surface area contributed by atoms with Gasteiger partial charge in [-0.3, -0.25) is 9.79 Å². The van der Waals surface area contributed by atoms with Crippen LogP contribution in [0.25, 0.3) is 11.1 Å². The fraction of sp³-hybridized carbons (Fsp3) is 0.179. The van der Waals surface area contributed by atoms with Gasteiger partial charge in [-0.15, -0.1) is 0 Å². The smallest absolute Gasteiger partial charge is 0.310 e. The molecule has 9 heteroatoms. The van der Waals surface area contributed by atoms with Crippen molar-refractivity contribution in [2.75, 3.05) is 11.9 Å². The molecule has 0 spiro atoms. The van der Waals surface area contributed by atoms with Crippen molar-refractivity contribution in [3.05, 3.63) is 102 Å². The average molecular weight is 499 g/mol. The minimum Gasteiger partial charge on any atom is -0.310 e. The highest BCUT2D eigenvalue weighted by molar-refractivity contribution is 6.06. The summed E-state index contributed by atoms with van der Waals surface area (Å²) in [5.41, 5.74) is 3.54. The summed E-state index contributed by atoms with van der Waals surface area (Å²) in [6.07, 6.45) is 5.70. The van der Waals surface area contributed by atoms with Gasteiger partial charge >= 0.3 is 6.55 Å². The summed E-state index contributed by atoms with van der Waals surface area (Å²) in [4.78, 5) is 22.0. The predicted molar refractivity (Wildman–Crippen MR) is 137 cm³/mol. The topological polar surface area (TPSA) is 96.0 Å². The molecule has 0 aliphatic carbocycles. The Balaban J connectivity index is 1.45. The summed E-state index contributed by atoms with van der Waals surface area (Å²) >= 11 is 0. The lowest BCUT2D eigenvalue weighted by Gasteiger charge is -2.14. The third-order valence-electron chi connectivity index (χ3n) is 5.83. The molecule has 0 aliphatic rings. The monoisotopic (exact) mass is 498 g/mol. The maximum absolute atomic E-state index is 13.2. The highest BCUT2D eigenvalue weighted by Gasteiger charge is 2.19. The number of anilines is 1. The molecule has 2 aromatic heterocycles. The number of amides is 1. The second-order valence-electron chi connectivity index (χ2n) is 8.45. The molecule has 0 bridgehead atoms. The Morgan fingerprint density at radius 2 is 1.81 bits per heavy atom. The van der Waals surface area contributed by atoms with Crippen molar-refractivity contribution >= 4 is 17.9 Å². The fourth-order valence-corrected chi connectivity index (χ4v) is 3.72. The average Bonchev–Trinajstić information content (AvgIpc) is 3.43. The lowest BCUT2D eigenvalue weighted by Crippen LogP contribution is -2.23. The summed E-state index contributed by atoms with van der Waals surface area (Å²) in [6, 6.07) is 22.1. The van der Waals surface area contributed by atoms with Crippen LogP contribution in [0.4, 0.5) is 14.6 Å². The number of aliphatic imine (C=N–C) groups is 1. The Kier molecular flexibility index (Phi) is 8.11. The highest BCUT2D eigenvalue weighted by atomic mass is 19.3. The van der Waals surface area contributed by atoms with Crippen LogP contribution in [0.15, 0.2) is 90.3 Å². The molecule has 0 saturated heterocycles. The van der Waals surface area contributed by atoms with Gasteiger partial charge in [-0.2, -0.15) is 19.1 Å². The summed E-state index contributed by atoms with van der Waals surface area (Å²) in [6.45, 7) is -0.210. The van der Waals surface area contributed by atoms with E-state index < -0.39 is 12.5 Å². The van der Waals surface area contributed by atoms with E-state index in [-0.39, 0.29) is 11.8 Å². The molecule has 2 atom stereocenters. The number of nitrogens with zero attached hydrogens (tertiary/aromatic N) is 5. The Morgan fingerprint density at radius 1 is 1.05 bits per heavy atom. The largest absolute Gasteiger partial charge is 0.333 e. The number of benzene rings is 2. The minimum atomic E-state index is -2.72. The van der Waals surface area contributed by atoms with Crippen molar-refractivity contribution in [2.45, 2.75) is 25.3 Å². The molecule has 0 aliphatic heterocycles. The zero-order valence-electron chi connectivity index (χ0n) is 20.0. The second-order valence-corrected chi connectivity index (χ2v) is 8.45. The molecule has 1 unspecified atom stereocenters. The van der Waals surface area contributed by atoms with E-state index in [1.807, 2.05) is 49.4 Å². The van der Waals surface area contributed by atoms with E-state index in [1.165, 1.54) is 18.6 Å². The molecule has 1 N–H and O–H groups in total. The number of hydrogen-bond donors (Lipinski definition) is 1. The third kappa shape index (κ3) is 6.49. The van der Waals surface area contributed by atoms with Crippen molar-refractivity contribution < 1.29 is 13.6 Å². The standard InChI is InChI=1S/C28H24F2N6O/c1-19(21-9-7-20(13-31)8-10-21)14-32-17-25(22-5-3-2-4-6-22)27(37)35-26-12-11-23(15-33-26)24-16-34-36(18-24)28(29)30/h2-12,15-19,25,28H,14H2,1H3,(H,33,35,37)/t19-,25?/m0/s1. The quantitative estimate of drug-likeness (QED) is 0.295. The van der Waals surface area contributed by atoms with Crippen molar-refractivity contribution in [3.63, 3.8) is 0 Å². The van der Waals surface area contributed by atoms with Gasteiger partial charge in [-0.05, 0) is 35.4 Å². The zero-order valence-corrected chi connectivity index (χ0v) is 20.0. The Hall–Kier alpha value is -4.71. The normalized spacial score (nSPS) is 12.8. The van der Waals surface area contributed by atoms with Gasteiger partial charge in [0.2, 0.25) is 5.91 Å². The lowest BCUT2D eigenvalue weighted by atomic mass is 9.98. The number of nitriles is 1. The number of hydrogen-bond acceptors (Lipinski definition) is 5. The van der Waals surface area contributed by atoms with Gasteiger partial charge in [-0.25, -0.2) is 9.67 Å². The van der Waals surface area contributed by atoms with Crippen molar-refractivity contribution in [3.8, 4) is 17.2 Å². The maximum Gasteiger partial charge on any atom is 0.333 e. The van der Waals surface area contributed by atoms with Gasteiger partial charge in [0.1, 0.15) is 5.82 Å². The van der Waals surface area contributed by atoms with Crippen molar-refractivity contribution in [2.24, 2.45) is 4.99 Å². The summed E-state index contributed by atoms with van der Waals surface area (Å²) in [7, 11) is 0. The van der Waals surface area contributed by atoms with Crippen LogP contribution in [0.2, 0.25) is 0 Å². The number of aromatic nitrogens is 3. The Bertz CT molecular complexity index is 1390. The summed E-state index contributed by atoms with van der Waals surface area (Å²) in [5, 5.41) is 15.4. The molecular weight excluding hydrogens is 474 g/mol. The van der Waals surface area contributed by atoms with Crippen LogP contribution in [0.3, 0.4) is 0 Å². The van der Waals surface area contributed by atoms with E-state index in [2.05, 4.69) is 26.5 Å². The van der Waals surface area contributed by atoms with Gasteiger partial charge < -0.3 is 5.32 Å². The summed E-state index contributed by atoms with van der Waals surface area (Å²) < 4.78 is 26.1. The predicted octanol–water partition coefficient (Wildman–Crippen LogP) is 5.81. The van der Waals surface area contributed by atoms with E-state index in [1.54, 1.807) is 30.5 Å². The van der Waals surface area contributed by atoms with Crippen molar-refractivity contribution in [1.29, 1.82) is 5.26 Å². The number of carbonyl (C=O) groups excluding carboxylic acids is 1. The minimum absolute atomic E-state index is 0.104. The molecule has 0 saturated carbocycles. The fourth-order valence-electron chi connectivity index (χ4n) is 3.72. The second kappa shape index (κ2) is 11.8. The van der Waals surface area contributed by atoms with Crippen LogP contribution in [-0.4, -0.2) is 33.4 Å². The molecule has 0 radical (unpaired) electrons.